The zero-order chi connectivity index (χ0) is 14.5. The summed E-state index contributed by atoms with van der Waals surface area (Å²) >= 11 is 5.64. The Balaban J connectivity index is 2.04. The van der Waals surface area contributed by atoms with Crippen LogP contribution in [0.4, 0.5) is 0 Å². The fraction of sp³-hybridized carbons (Fsp3) is 0.214. The predicted octanol–water partition coefficient (Wildman–Crippen LogP) is 2.41. The van der Waals surface area contributed by atoms with E-state index < -0.39 is 0 Å². The first-order chi connectivity index (χ1) is 9.60. The number of amides is 1. The highest BCUT2D eigenvalue weighted by atomic mass is 35.5. The minimum atomic E-state index is -0.204. The smallest absolute Gasteiger partial charge is 0.274 e. The summed E-state index contributed by atoms with van der Waals surface area (Å²) in [4.78, 5) is 13.7. The molecule has 1 heterocycles. The van der Waals surface area contributed by atoms with E-state index in [1.807, 2.05) is 24.3 Å². The third kappa shape index (κ3) is 3.45. The fourth-order valence-electron chi connectivity index (χ4n) is 1.70. The van der Waals surface area contributed by atoms with Gasteiger partial charge < -0.3 is 9.64 Å². The molecule has 0 N–H and O–H groups in total. The number of aromatic nitrogens is 2. The number of rotatable bonds is 4. The van der Waals surface area contributed by atoms with E-state index in [1.165, 1.54) is 0 Å². The Morgan fingerprint density at radius 1 is 1.20 bits per heavy atom. The third-order valence-electron chi connectivity index (χ3n) is 2.78. The molecule has 0 bridgehead atoms. The summed E-state index contributed by atoms with van der Waals surface area (Å²) in [6.45, 7) is 0.479. The lowest BCUT2D eigenvalue weighted by atomic mass is 10.2. The van der Waals surface area contributed by atoms with Crippen LogP contribution in [0.2, 0.25) is 5.15 Å². The van der Waals surface area contributed by atoms with Crippen LogP contribution < -0.4 is 4.74 Å². The summed E-state index contributed by atoms with van der Waals surface area (Å²) in [5, 5.41) is 7.70. The third-order valence-corrected chi connectivity index (χ3v) is 2.98. The second-order valence-corrected chi connectivity index (χ2v) is 4.64. The van der Waals surface area contributed by atoms with Crippen molar-refractivity contribution in [3.05, 3.63) is 52.8 Å². The number of halogens is 1. The van der Waals surface area contributed by atoms with Crippen LogP contribution in [-0.2, 0) is 6.54 Å². The van der Waals surface area contributed by atoms with Gasteiger partial charge in [0.25, 0.3) is 5.91 Å². The molecule has 0 unspecified atom stereocenters. The van der Waals surface area contributed by atoms with Crippen molar-refractivity contribution >= 4 is 17.5 Å². The van der Waals surface area contributed by atoms with Crippen LogP contribution in [0.15, 0.2) is 36.4 Å². The van der Waals surface area contributed by atoms with Gasteiger partial charge in [-0.15, -0.1) is 10.2 Å². The Morgan fingerprint density at radius 3 is 2.45 bits per heavy atom. The van der Waals surface area contributed by atoms with Crippen LogP contribution in [0.25, 0.3) is 0 Å². The predicted molar refractivity (Wildman–Crippen MR) is 75.8 cm³/mol. The lowest BCUT2D eigenvalue weighted by Crippen LogP contribution is -2.27. The molecule has 0 atom stereocenters. The van der Waals surface area contributed by atoms with Gasteiger partial charge in [0.05, 0.1) is 7.11 Å². The molecule has 0 aliphatic carbocycles. The van der Waals surface area contributed by atoms with Crippen molar-refractivity contribution in [2.75, 3.05) is 14.2 Å². The number of carbonyl (C=O) groups is 1. The number of hydrogen-bond acceptors (Lipinski definition) is 4. The summed E-state index contributed by atoms with van der Waals surface area (Å²) in [7, 11) is 3.33. The maximum atomic E-state index is 12.1. The van der Waals surface area contributed by atoms with Crippen LogP contribution in [0.1, 0.15) is 16.1 Å². The van der Waals surface area contributed by atoms with Crippen LogP contribution in [0, 0.1) is 0 Å². The van der Waals surface area contributed by atoms with Gasteiger partial charge in [0, 0.05) is 13.6 Å². The summed E-state index contributed by atoms with van der Waals surface area (Å²) in [5.74, 6) is 0.580. The molecule has 0 spiro atoms. The van der Waals surface area contributed by atoms with Crippen molar-refractivity contribution in [1.82, 2.24) is 15.1 Å². The molecule has 0 saturated heterocycles. The van der Waals surface area contributed by atoms with Crippen molar-refractivity contribution < 1.29 is 9.53 Å². The Morgan fingerprint density at radius 2 is 1.90 bits per heavy atom. The molecule has 1 aromatic heterocycles. The normalized spacial score (nSPS) is 10.2. The van der Waals surface area contributed by atoms with Crippen molar-refractivity contribution in [1.29, 1.82) is 0 Å². The molecule has 20 heavy (non-hydrogen) atoms. The van der Waals surface area contributed by atoms with E-state index >= 15 is 0 Å². The quantitative estimate of drug-likeness (QED) is 0.868. The van der Waals surface area contributed by atoms with Gasteiger partial charge in [-0.25, -0.2) is 0 Å². The van der Waals surface area contributed by atoms with Crippen LogP contribution >= 0.6 is 11.6 Å². The number of methoxy groups -OCH3 is 1. The molecule has 0 aliphatic rings. The lowest BCUT2D eigenvalue weighted by molar-refractivity contribution is 0.0778. The molecular formula is C14H14ClN3O2. The monoisotopic (exact) mass is 291 g/mol. The van der Waals surface area contributed by atoms with Crippen molar-refractivity contribution in [3.8, 4) is 5.75 Å². The average molecular weight is 292 g/mol. The van der Waals surface area contributed by atoms with Gasteiger partial charge in [0.1, 0.15) is 5.75 Å². The Bertz CT molecular complexity index is 584. The zero-order valence-corrected chi connectivity index (χ0v) is 12.0. The molecule has 1 amide bonds. The molecule has 2 aromatic rings. The highest BCUT2D eigenvalue weighted by Crippen LogP contribution is 2.13. The maximum Gasteiger partial charge on any atom is 0.274 e. The number of nitrogens with zero attached hydrogens (tertiary/aromatic N) is 3. The van der Waals surface area contributed by atoms with Gasteiger partial charge in [-0.3, -0.25) is 4.79 Å². The van der Waals surface area contributed by atoms with Gasteiger partial charge in [-0.2, -0.15) is 0 Å². The molecule has 0 aliphatic heterocycles. The minimum absolute atomic E-state index is 0.204. The fourth-order valence-corrected chi connectivity index (χ4v) is 1.80. The van der Waals surface area contributed by atoms with Gasteiger partial charge in [0.15, 0.2) is 10.8 Å². The minimum Gasteiger partial charge on any atom is -0.497 e. The zero-order valence-electron chi connectivity index (χ0n) is 11.2. The van der Waals surface area contributed by atoms with E-state index in [0.717, 1.165) is 11.3 Å². The molecule has 0 radical (unpaired) electrons. The Kier molecular flexibility index (Phi) is 4.53. The highest BCUT2D eigenvalue weighted by Gasteiger charge is 2.14. The van der Waals surface area contributed by atoms with E-state index in [0.29, 0.717) is 6.54 Å². The maximum absolute atomic E-state index is 12.1. The van der Waals surface area contributed by atoms with E-state index in [2.05, 4.69) is 10.2 Å². The van der Waals surface area contributed by atoms with E-state index in [-0.39, 0.29) is 16.8 Å². The molecule has 1 aromatic carbocycles. The summed E-state index contributed by atoms with van der Waals surface area (Å²) in [6.07, 6.45) is 0. The number of hydrogen-bond donors (Lipinski definition) is 0. The van der Waals surface area contributed by atoms with Crippen LogP contribution in [0.5, 0.6) is 5.75 Å². The van der Waals surface area contributed by atoms with Gasteiger partial charge in [0.2, 0.25) is 0 Å². The number of carbonyl (C=O) groups excluding carboxylic acids is 1. The van der Waals surface area contributed by atoms with Crippen molar-refractivity contribution in [2.24, 2.45) is 0 Å². The largest absolute Gasteiger partial charge is 0.497 e. The van der Waals surface area contributed by atoms with Crippen molar-refractivity contribution in [3.63, 3.8) is 0 Å². The molecule has 6 heteroatoms. The van der Waals surface area contributed by atoms with E-state index in [9.17, 15) is 4.79 Å². The second-order valence-electron chi connectivity index (χ2n) is 4.25. The highest BCUT2D eigenvalue weighted by molar-refractivity contribution is 6.29. The van der Waals surface area contributed by atoms with Crippen LogP contribution in [-0.4, -0.2) is 35.2 Å². The van der Waals surface area contributed by atoms with Crippen molar-refractivity contribution in [2.45, 2.75) is 6.54 Å². The SMILES string of the molecule is COc1ccc(CN(C)C(=O)c2ccc(Cl)nn2)cc1. The molecular weight excluding hydrogens is 278 g/mol. The van der Waals surface area contributed by atoms with Gasteiger partial charge in [-0.05, 0) is 29.8 Å². The Labute approximate surface area is 122 Å². The van der Waals surface area contributed by atoms with Gasteiger partial charge in [-0.1, -0.05) is 23.7 Å². The van der Waals surface area contributed by atoms with E-state index in [4.69, 9.17) is 16.3 Å². The average Bonchev–Trinajstić information content (AvgIpc) is 2.48. The molecule has 5 nitrogen and oxygen atoms in total. The van der Waals surface area contributed by atoms with Crippen LogP contribution in [0.3, 0.4) is 0 Å². The molecule has 0 fully saturated rings. The Hall–Kier alpha value is -2.14. The van der Waals surface area contributed by atoms with Gasteiger partial charge >= 0.3 is 0 Å². The first-order valence-electron chi connectivity index (χ1n) is 5.98. The standard InChI is InChI=1S/C14H14ClN3O2/c1-18(9-10-3-5-11(20-2)6-4-10)14(19)12-7-8-13(15)17-16-12/h3-8H,9H2,1-2H3. The number of benzene rings is 1. The summed E-state index contributed by atoms with van der Waals surface area (Å²) in [5.41, 5.74) is 1.27. The topological polar surface area (TPSA) is 55.3 Å². The van der Waals surface area contributed by atoms with E-state index in [1.54, 1.807) is 31.2 Å². The first kappa shape index (κ1) is 14.3. The molecule has 2 rings (SSSR count). The lowest BCUT2D eigenvalue weighted by Gasteiger charge is -2.16. The first-order valence-corrected chi connectivity index (χ1v) is 6.35. The number of ether oxygens (including phenoxy) is 1. The molecule has 0 saturated carbocycles. The summed E-state index contributed by atoms with van der Waals surface area (Å²) in [6, 6.07) is 10.6. The second kappa shape index (κ2) is 6.34. The summed E-state index contributed by atoms with van der Waals surface area (Å²) < 4.78 is 5.09. The molecule has 104 valence electrons.